The number of furan rings is 1. The molecule has 0 N–H and O–H groups in total. The molecule has 0 amide bonds. The Kier molecular flexibility index (Phi) is 3.94. The Bertz CT molecular complexity index is 1750. The number of benzene rings is 5. The van der Waals surface area contributed by atoms with Crippen molar-refractivity contribution in [3.05, 3.63) is 106 Å². The van der Waals surface area contributed by atoms with Gasteiger partial charge < -0.3 is 4.42 Å². The quantitative estimate of drug-likeness (QED) is 0.191. The molecule has 0 fully saturated rings. The fraction of sp³-hybridized carbons (Fsp3) is 0.0968. The predicted octanol–water partition coefficient (Wildman–Crippen LogP) is 9.32. The molecular weight excluding hydrogens is 515 g/mol. The van der Waals surface area contributed by atoms with Gasteiger partial charge in [0.1, 0.15) is 11.2 Å². The lowest BCUT2D eigenvalue weighted by Gasteiger charge is -2.21. The van der Waals surface area contributed by atoms with Crippen LogP contribution >= 0.6 is 22.6 Å². The Morgan fingerprint density at radius 1 is 0.606 bits per heavy atom. The number of hydrogen-bond donors (Lipinski definition) is 0. The molecule has 6 aromatic rings. The summed E-state index contributed by atoms with van der Waals surface area (Å²) >= 11 is 2.39. The molecule has 1 nitrogen and oxygen atoms in total. The first-order valence-corrected chi connectivity index (χ1v) is 12.4. The molecule has 1 aromatic heterocycles. The zero-order chi connectivity index (χ0) is 22.3. The van der Waals surface area contributed by atoms with E-state index in [4.69, 9.17) is 4.42 Å². The smallest absolute Gasteiger partial charge is 0.143 e. The summed E-state index contributed by atoms with van der Waals surface area (Å²) in [6, 6.07) is 33.0. The first-order chi connectivity index (χ1) is 16.0. The van der Waals surface area contributed by atoms with E-state index in [1.807, 2.05) is 0 Å². The van der Waals surface area contributed by atoms with E-state index in [9.17, 15) is 0 Å². The minimum atomic E-state index is -0.104. The lowest BCUT2D eigenvalue weighted by Crippen LogP contribution is -2.15. The molecule has 1 aliphatic carbocycles. The van der Waals surface area contributed by atoms with Gasteiger partial charge in [0.05, 0.1) is 0 Å². The highest BCUT2D eigenvalue weighted by Gasteiger charge is 2.38. The topological polar surface area (TPSA) is 13.1 Å². The average Bonchev–Trinajstić information content (AvgIpc) is 3.32. The highest BCUT2D eigenvalue weighted by Crippen LogP contribution is 2.53. The second kappa shape index (κ2) is 6.71. The average molecular weight is 536 g/mol. The first-order valence-electron chi connectivity index (χ1n) is 11.3. The van der Waals surface area contributed by atoms with Crippen LogP contribution in [0.25, 0.3) is 55.0 Å². The van der Waals surface area contributed by atoms with Gasteiger partial charge in [-0.15, -0.1) is 0 Å². The highest BCUT2D eigenvalue weighted by atomic mass is 127. The minimum absolute atomic E-state index is 0.104. The fourth-order valence-electron chi connectivity index (χ4n) is 5.80. The van der Waals surface area contributed by atoms with Crippen molar-refractivity contribution >= 4 is 55.3 Å². The van der Waals surface area contributed by atoms with Gasteiger partial charge >= 0.3 is 0 Å². The summed E-state index contributed by atoms with van der Waals surface area (Å²) < 4.78 is 8.03. The maximum atomic E-state index is 6.79. The summed E-state index contributed by atoms with van der Waals surface area (Å²) in [6.45, 7) is 4.64. The van der Waals surface area contributed by atoms with E-state index >= 15 is 0 Å². The van der Waals surface area contributed by atoms with Crippen LogP contribution in [0.15, 0.2) is 95.4 Å². The van der Waals surface area contributed by atoms with Crippen molar-refractivity contribution in [1.29, 1.82) is 0 Å². The summed E-state index contributed by atoms with van der Waals surface area (Å²) in [5.74, 6) is 0. The third-order valence-corrected chi connectivity index (χ3v) is 7.97. The predicted molar refractivity (Wildman–Crippen MR) is 147 cm³/mol. The van der Waals surface area contributed by atoms with Gasteiger partial charge in [-0.1, -0.05) is 80.6 Å². The summed E-state index contributed by atoms with van der Waals surface area (Å²) in [7, 11) is 0. The summed E-state index contributed by atoms with van der Waals surface area (Å²) in [6.07, 6.45) is 0. The van der Waals surface area contributed by atoms with E-state index < -0.39 is 0 Å². The van der Waals surface area contributed by atoms with Crippen LogP contribution in [0.3, 0.4) is 0 Å². The maximum absolute atomic E-state index is 6.79. The van der Waals surface area contributed by atoms with Gasteiger partial charge in [-0.3, -0.25) is 0 Å². The number of fused-ring (bicyclic) bond motifs is 9. The maximum Gasteiger partial charge on any atom is 0.143 e. The largest absolute Gasteiger partial charge is 0.455 e. The lowest BCUT2D eigenvalue weighted by atomic mass is 9.82. The van der Waals surface area contributed by atoms with Crippen LogP contribution in [0, 0.1) is 3.57 Å². The highest BCUT2D eigenvalue weighted by molar-refractivity contribution is 14.1. The number of halogens is 1. The van der Waals surface area contributed by atoms with E-state index in [1.165, 1.54) is 58.5 Å². The Hall–Kier alpha value is -3.11. The van der Waals surface area contributed by atoms with Crippen LogP contribution in [0.1, 0.15) is 25.0 Å². The molecule has 33 heavy (non-hydrogen) atoms. The third kappa shape index (κ3) is 2.59. The molecule has 7 rings (SSSR count). The van der Waals surface area contributed by atoms with Crippen molar-refractivity contribution in [1.82, 2.24) is 0 Å². The van der Waals surface area contributed by atoms with E-state index in [1.54, 1.807) is 0 Å². The third-order valence-electron chi connectivity index (χ3n) is 7.30. The van der Waals surface area contributed by atoms with Crippen LogP contribution < -0.4 is 0 Å². The Morgan fingerprint density at radius 3 is 2.21 bits per heavy atom. The zero-order valence-electron chi connectivity index (χ0n) is 18.4. The minimum Gasteiger partial charge on any atom is -0.455 e. The second-order valence-corrected chi connectivity index (χ2v) is 10.7. The van der Waals surface area contributed by atoms with Gasteiger partial charge in [-0.25, -0.2) is 0 Å². The molecule has 1 heterocycles. The van der Waals surface area contributed by atoms with Crippen molar-refractivity contribution in [3.8, 4) is 22.3 Å². The molecule has 0 saturated heterocycles. The Morgan fingerprint density at radius 2 is 1.36 bits per heavy atom. The number of hydrogen-bond acceptors (Lipinski definition) is 1. The van der Waals surface area contributed by atoms with E-state index in [0.717, 1.165) is 11.2 Å². The van der Waals surface area contributed by atoms with Gasteiger partial charge in [0.25, 0.3) is 0 Å². The molecule has 5 aromatic carbocycles. The first kappa shape index (κ1) is 19.4. The van der Waals surface area contributed by atoms with Crippen LogP contribution in [0.2, 0.25) is 0 Å². The monoisotopic (exact) mass is 536 g/mol. The Balaban J connectivity index is 1.63. The fourth-order valence-corrected chi connectivity index (χ4v) is 6.34. The van der Waals surface area contributed by atoms with Crippen LogP contribution in [-0.2, 0) is 5.41 Å². The SMILES string of the molecule is CC1(C)c2ccccc2-c2ccc3c(oc4c5ccccc5c(-c5cccc(I)c5)cc34)c21. The molecular formula is C31H21IO. The molecule has 1 aliphatic rings. The second-order valence-electron chi connectivity index (χ2n) is 9.49. The van der Waals surface area contributed by atoms with Gasteiger partial charge in [-0.05, 0) is 80.1 Å². The normalized spacial score (nSPS) is 14.2. The molecule has 0 atom stereocenters. The summed E-state index contributed by atoms with van der Waals surface area (Å²) in [4.78, 5) is 0. The lowest BCUT2D eigenvalue weighted by molar-refractivity contribution is 0.621. The van der Waals surface area contributed by atoms with Gasteiger partial charge in [-0.2, -0.15) is 0 Å². The van der Waals surface area contributed by atoms with E-state index in [2.05, 4.69) is 127 Å². The molecule has 0 unspecified atom stereocenters. The van der Waals surface area contributed by atoms with E-state index in [0.29, 0.717) is 0 Å². The van der Waals surface area contributed by atoms with E-state index in [-0.39, 0.29) is 5.41 Å². The molecule has 158 valence electrons. The summed E-state index contributed by atoms with van der Waals surface area (Å²) in [5, 5.41) is 4.78. The van der Waals surface area contributed by atoms with Gasteiger partial charge in [0.2, 0.25) is 0 Å². The van der Waals surface area contributed by atoms with Crippen molar-refractivity contribution < 1.29 is 4.42 Å². The van der Waals surface area contributed by atoms with Crippen LogP contribution in [0.4, 0.5) is 0 Å². The van der Waals surface area contributed by atoms with Crippen molar-refractivity contribution in [3.63, 3.8) is 0 Å². The summed E-state index contributed by atoms with van der Waals surface area (Å²) in [5.41, 5.74) is 9.69. The number of rotatable bonds is 1. The standard InChI is InChI=1S/C31H21IO/c1-31(2)27-13-6-5-11-21(27)22-14-15-24-26-17-25(18-8-7-9-19(32)16-18)20-10-3-4-12-23(20)29(26)33-30(24)28(22)31/h3-17H,1-2H3. The molecule has 2 heteroatoms. The molecule has 0 spiro atoms. The molecule has 0 saturated carbocycles. The molecule has 0 bridgehead atoms. The van der Waals surface area contributed by atoms with Gasteiger partial charge in [0, 0.05) is 30.7 Å². The van der Waals surface area contributed by atoms with Crippen LogP contribution in [-0.4, -0.2) is 0 Å². The van der Waals surface area contributed by atoms with Crippen molar-refractivity contribution in [2.45, 2.75) is 19.3 Å². The molecule has 0 aliphatic heterocycles. The van der Waals surface area contributed by atoms with Gasteiger partial charge in [0.15, 0.2) is 0 Å². The van der Waals surface area contributed by atoms with Crippen molar-refractivity contribution in [2.75, 3.05) is 0 Å². The zero-order valence-corrected chi connectivity index (χ0v) is 20.6. The van der Waals surface area contributed by atoms with Crippen molar-refractivity contribution in [2.24, 2.45) is 0 Å². The molecule has 0 radical (unpaired) electrons. The van der Waals surface area contributed by atoms with Crippen LogP contribution in [0.5, 0.6) is 0 Å². The Labute approximate surface area is 206 Å².